The van der Waals surface area contributed by atoms with Crippen LogP contribution < -0.4 is 9.47 Å². The van der Waals surface area contributed by atoms with E-state index in [1.165, 1.54) is 4.52 Å². The number of benzene rings is 1. The molecule has 1 aromatic carbocycles. The molecule has 9 nitrogen and oxygen atoms in total. The smallest absolute Gasteiger partial charge is 0.293 e. The number of carbonyl (C=O) groups is 1. The molecule has 0 atom stereocenters. The second kappa shape index (κ2) is 7.81. The molecule has 4 rings (SSSR count). The number of aromatic nitrogens is 4. The summed E-state index contributed by atoms with van der Waals surface area (Å²) >= 11 is 0. The van der Waals surface area contributed by atoms with E-state index in [9.17, 15) is 4.79 Å². The molecule has 9 heteroatoms. The highest BCUT2D eigenvalue weighted by atomic mass is 16.5. The number of ether oxygens (including phenoxy) is 2. The maximum atomic E-state index is 12.7. The van der Waals surface area contributed by atoms with Gasteiger partial charge in [0.25, 0.3) is 11.7 Å². The molecule has 1 saturated heterocycles. The first kappa shape index (κ1) is 18.2. The third kappa shape index (κ3) is 3.61. The molecule has 146 valence electrons. The maximum Gasteiger partial charge on any atom is 0.293 e. The summed E-state index contributed by atoms with van der Waals surface area (Å²) in [4.78, 5) is 25.1. The minimum absolute atomic E-state index is 0.156. The fourth-order valence-corrected chi connectivity index (χ4v) is 3.31. The van der Waals surface area contributed by atoms with Crippen LogP contribution in [0.25, 0.3) is 5.78 Å². The summed E-state index contributed by atoms with van der Waals surface area (Å²) in [5.41, 5.74) is 1.14. The lowest BCUT2D eigenvalue weighted by molar-refractivity contribution is 0.0616. The summed E-state index contributed by atoms with van der Waals surface area (Å²) in [5.74, 6) is 1.90. The van der Waals surface area contributed by atoms with Crippen LogP contribution in [0.15, 0.2) is 36.7 Å². The number of amides is 1. The van der Waals surface area contributed by atoms with Crippen molar-refractivity contribution >= 4 is 11.7 Å². The average Bonchev–Trinajstić information content (AvgIpc) is 3.18. The Hall–Kier alpha value is -3.20. The van der Waals surface area contributed by atoms with Crippen molar-refractivity contribution in [2.75, 3.05) is 40.4 Å². The number of rotatable bonds is 5. The van der Waals surface area contributed by atoms with Crippen LogP contribution in [0.5, 0.6) is 11.5 Å². The summed E-state index contributed by atoms with van der Waals surface area (Å²) in [6.45, 7) is 3.63. The third-order valence-electron chi connectivity index (χ3n) is 4.82. The lowest BCUT2D eigenvalue weighted by Crippen LogP contribution is -2.48. The number of carbonyl (C=O) groups excluding carboxylic acids is 1. The van der Waals surface area contributed by atoms with E-state index in [0.717, 1.165) is 36.7 Å². The van der Waals surface area contributed by atoms with Gasteiger partial charge in [-0.1, -0.05) is 6.07 Å². The quantitative estimate of drug-likeness (QED) is 0.653. The monoisotopic (exact) mass is 382 g/mol. The zero-order valence-electron chi connectivity index (χ0n) is 15.9. The van der Waals surface area contributed by atoms with Gasteiger partial charge in [-0.15, -0.1) is 5.10 Å². The molecule has 1 aliphatic rings. The Morgan fingerprint density at radius 3 is 2.61 bits per heavy atom. The SMILES string of the molecule is COc1ccc(CN2CCN(C(=O)c3nc4ncccn4n3)CC2)cc1OC. The molecule has 0 radical (unpaired) electrons. The van der Waals surface area contributed by atoms with Crippen molar-refractivity contribution in [3.63, 3.8) is 0 Å². The Balaban J connectivity index is 1.37. The van der Waals surface area contributed by atoms with Crippen molar-refractivity contribution in [3.8, 4) is 11.5 Å². The molecule has 0 spiro atoms. The van der Waals surface area contributed by atoms with Gasteiger partial charge in [0.2, 0.25) is 5.82 Å². The second-order valence-corrected chi connectivity index (χ2v) is 6.56. The zero-order chi connectivity index (χ0) is 19.5. The number of hydrogen-bond donors (Lipinski definition) is 0. The average molecular weight is 382 g/mol. The Kier molecular flexibility index (Phi) is 5.07. The first-order valence-corrected chi connectivity index (χ1v) is 9.08. The van der Waals surface area contributed by atoms with Gasteiger partial charge in [0, 0.05) is 45.1 Å². The Morgan fingerprint density at radius 2 is 1.89 bits per heavy atom. The fraction of sp³-hybridized carbons (Fsp3) is 0.368. The van der Waals surface area contributed by atoms with E-state index < -0.39 is 0 Å². The summed E-state index contributed by atoms with van der Waals surface area (Å²) in [5, 5.41) is 4.22. The van der Waals surface area contributed by atoms with Gasteiger partial charge in [0.05, 0.1) is 14.2 Å². The lowest BCUT2D eigenvalue weighted by Gasteiger charge is -2.34. The molecule has 2 aromatic heterocycles. The van der Waals surface area contributed by atoms with E-state index in [0.29, 0.717) is 18.9 Å². The third-order valence-corrected chi connectivity index (χ3v) is 4.82. The van der Waals surface area contributed by atoms with E-state index >= 15 is 0 Å². The largest absolute Gasteiger partial charge is 0.493 e. The molecular weight excluding hydrogens is 360 g/mol. The minimum atomic E-state index is -0.156. The van der Waals surface area contributed by atoms with Crippen LogP contribution >= 0.6 is 0 Å². The van der Waals surface area contributed by atoms with E-state index in [-0.39, 0.29) is 11.7 Å². The number of nitrogens with zero attached hydrogens (tertiary/aromatic N) is 6. The maximum absolute atomic E-state index is 12.7. The van der Waals surface area contributed by atoms with Crippen molar-refractivity contribution in [3.05, 3.63) is 48.0 Å². The van der Waals surface area contributed by atoms with Gasteiger partial charge in [0.1, 0.15) is 0 Å². The van der Waals surface area contributed by atoms with Gasteiger partial charge in [0.15, 0.2) is 11.5 Å². The van der Waals surface area contributed by atoms with Crippen molar-refractivity contribution in [2.45, 2.75) is 6.54 Å². The Labute approximate surface area is 162 Å². The molecule has 0 saturated carbocycles. The highest BCUT2D eigenvalue weighted by molar-refractivity contribution is 5.90. The standard InChI is InChI=1S/C19H22N6O3/c1-27-15-5-4-14(12-16(15)28-2)13-23-8-10-24(11-9-23)18(26)17-21-19-20-6-3-7-25(19)22-17/h3-7,12H,8-11,13H2,1-2H3. The van der Waals surface area contributed by atoms with Crippen LogP contribution in [0, 0.1) is 0 Å². The van der Waals surface area contributed by atoms with Crippen LogP contribution in [0.1, 0.15) is 16.2 Å². The van der Waals surface area contributed by atoms with Gasteiger partial charge in [-0.2, -0.15) is 4.98 Å². The van der Waals surface area contributed by atoms with Crippen LogP contribution in [0.4, 0.5) is 0 Å². The Bertz CT molecular complexity index is 948. The topological polar surface area (TPSA) is 85.1 Å². The molecule has 1 fully saturated rings. The van der Waals surface area contributed by atoms with E-state index in [1.807, 2.05) is 18.2 Å². The van der Waals surface area contributed by atoms with E-state index in [1.54, 1.807) is 37.6 Å². The molecule has 28 heavy (non-hydrogen) atoms. The van der Waals surface area contributed by atoms with Gasteiger partial charge < -0.3 is 14.4 Å². The fourth-order valence-electron chi connectivity index (χ4n) is 3.31. The van der Waals surface area contributed by atoms with Gasteiger partial charge >= 0.3 is 0 Å². The molecule has 0 N–H and O–H groups in total. The predicted octanol–water partition coefficient (Wildman–Crippen LogP) is 1.10. The normalized spacial score (nSPS) is 15.0. The number of fused-ring (bicyclic) bond motifs is 1. The predicted molar refractivity (Wildman–Crippen MR) is 102 cm³/mol. The van der Waals surface area contributed by atoms with Gasteiger partial charge in [-0.05, 0) is 23.8 Å². The van der Waals surface area contributed by atoms with Crippen molar-refractivity contribution in [1.29, 1.82) is 0 Å². The highest BCUT2D eigenvalue weighted by Crippen LogP contribution is 2.28. The van der Waals surface area contributed by atoms with Crippen molar-refractivity contribution in [2.24, 2.45) is 0 Å². The molecule has 1 amide bonds. The van der Waals surface area contributed by atoms with Crippen LogP contribution in [-0.2, 0) is 6.54 Å². The number of piperazine rings is 1. The molecule has 3 aromatic rings. The van der Waals surface area contributed by atoms with Crippen molar-refractivity contribution < 1.29 is 14.3 Å². The van der Waals surface area contributed by atoms with Crippen molar-refractivity contribution in [1.82, 2.24) is 29.4 Å². The summed E-state index contributed by atoms with van der Waals surface area (Å²) in [6, 6.07) is 7.69. The summed E-state index contributed by atoms with van der Waals surface area (Å²) < 4.78 is 12.2. The first-order valence-electron chi connectivity index (χ1n) is 9.08. The van der Waals surface area contributed by atoms with E-state index in [2.05, 4.69) is 20.0 Å². The number of methoxy groups -OCH3 is 2. The molecule has 0 aliphatic carbocycles. The highest BCUT2D eigenvalue weighted by Gasteiger charge is 2.25. The summed E-state index contributed by atoms with van der Waals surface area (Å²) in [6.07, 6.45) is 3.36. The molecule has 0 bridgehead atoms. The second-order valence-electron chi connectivity index (χ2n) is 6.56. The van der Waals surface area contributed by atoms with Gasteiger partial charge in [-0.3, -0.25) is 9.69 Å². The number of hydrogen-bond acceptors (Lipinski definition) is 7. The first-order chi connectivity index (χ1) is 13.7. The van der Waals surface area contributed by atoms with Gasteiger partial charge in [-0.25, -0.2) is 9.50 Å². The molecule has 0 unspecified atom stereocenters. The molecule has 3 heterocycles. The zero-order valence-corrected chi connectivity index (χ0v) is 15.9. The van der Waals surface area contributed by atoms with Crippen LogP contribution in [-0.4, -0.2) is 75.7 Å². The van der Waals surface area contributed by atoms with E-state index in [4.69, 9.17) is 9.47 Å². The lowest BCUT2D eigenvalue weighted by atomic mass is 10.1. The summed E-state index contributed by atoms with van der Waals surface area (Å²) in [7, 11) is 3.26. The Morgan fingerprint density at radius 1 is 1.11 bits per heavy atom. The van der Waals surface area contributed by atoms with Crippen LogP contribution in [0.3, 0.4) is 0 Å². The molecular formula is C19H22N6O3. The van der Waals surface area contributed by atoms with Crippen LogP contribution in [0.2, 0.25) is 0 Å². The minimum Gasteiger partial charge on any atom is -0.493 e. The molecule has 1 aliphatic heterocycles.